The van der Waals surface area contributed by atoms with Crippen molar-refractivity contribution in [2.75, 3.05) is 0 Å². The summed E-state index contributed by atoms with van der Waals surface area (Å²) in [6.45, 7) is 0.978. The molecule has 0 aromatic heterocycles. The first-order valence-corrected chi connectivity index (χ1v) is 5.02. The summed E-state index contributed by atoms with van der Waals surface area (Å²) in [6.07, 6.45) is 0. The quantitative estimate of drug-likeness (QED) is 0.571. The van der Waals surface area contributed by atoms with Crippen molar-refractivity contribution in [2.24, 2.45) is 0 Å². The summed E-state index contributed by atoms with van der Waals surface area (Å²) in [5.74, 6) is -0.852. The van der Waals surface area contributed by atoms with Gasteiger partial charge in [-0.15, -0.1) is 8.42 Å². The molecule has 0 heterocycles. The van der Waals surface area contributed by atoms with Crippen LogP contribution in [0.1, 0.15) is 8.35 Å². The topological polar surface area (TPSA) is 69.7 Å². The summed E-state index contributed by atoms with van der Waals surface area (Å²) in [5, 5.41) is 0. The Bertz CT molecular complexity index is 419. The molecule has 0 spiro atoms. The van der Waals surface area contributed by atoms with E-state index in [1.807, 2.05) is 0 Å². The third kappa shape index (κ3) is 5.78. The third-order valence-corrected chi connectivity index (χ3v) is 2.00. The van der Waals surface area contributed by atoms with Crippen LogP contribution in [0.5, 0.6) is 5.75 Å². The second-order valence-corrected chi connectivity index (χ2v) is 3.53. The second-order valence-electron chi connectivity index (χ2n) is 2.38. The molecule has 0 bridgehead atoms. The number of hydrogen-bond acceptors (Lipinski definition) is 5. The fourth-order valence-corrected chi connectivity index (χ4v) is 1.42. The van der Waals surface area contributed by atoms with E-state index in [0.717, 1.165) is 6.92 Å². The maximum atomic E-state index is 10.9. The molecule has 0 aliphatic heterocycles. The molecule has 1 aromatic rings. The molecule has 0 atom stereocenters. The molecule has 1 rings (SSSR count). The van der Waals surface area contributed by atoms with Crippen LogP contribution in [0.15, 0.2) is 30.3 Å². The van der Waals surface area contributed by atoms with E-state index in [1.165, 1.54) is 12.1 Å². The van der Waals surface area contributed by atoms with E-state index in [-0.39, 0.29) is 36.7 Å². The third-order valence-electron chi connectivity index (χ3n) is 1.16. The van der Waals surface area contributed by atoms with Crippen LogP contribution in [0, 0.1) is 0 Å². The van der Waals surface area contributed by atoms with Gasteiger partial charge in [0.1, 0.15) is 5.75 Å². The Morgan fingerprint density at radius 3 is 2.27 bits per heavy atom. The summed E-state index contributed by atoms with van der Waals surface area (Å²) in [5.41, 5.74) is 0. The first-order valence-electron chi connectivity index (χ1n) is 3.69. The van der Waals surface area contributed by atoms with Crippen molar-refractivity contribution in [1.82, 2.24) is 0 Å². The van der Waals surface area contributed by atoms with Crippen LogP contribution >= 0.6 is 0 Å². The molecule has 0 aliphatic rings. The fourth-order valence-electron chi connectivity index (χ4n) is 0.755. The number of hydrogen-bond donors (Lipinski definition) is 0. The van der Waals surface area contributed by atoms with Crippen molar-refractivity contribution < 1.29 is 52.6 Å². The zero-order valence-corrected chi connectivity index (χ0v) is 11.2. The minimum absolute atomic E-state index is 0. The maximum absolute atomic E-state index is 10.9. The van der Waals surface area contributed by atoms with Gasteiger partial charge in [-0.2, -0.15) is 0 Å². The standard InChI is InChI=1S/C8H8O5S.Na.H/c1-7(9)12-14(10,11)13-8-5-3-2-4-6-8;;/h2-6H,1H3;;/q;+1;-1. The van der Waals surface area contributed by atoms with Gasteiger partial charge < -0.3 is 9.79 Å². The number of para-hydroxylation sites is 1. The van der Waals surface area contributed by atoms with E-state index in [2.05, 4.69) is 8.37 Å². The van der Waals surface area contributed by atoms with Crippen LogP contribution in [-0.2, 0) is 19.4 Å². The molecule has 0 fully saturated rings. The minimum Gasteiger partial charge on any atom is -1.00 e. The zero-order chi connectivity index (χ0) is 10.6. The Morgan fingerprint density at radius 2 is 1.80 bits per heavy atom. The van der Waals surface area contributed by atoms with Gasteiger partial charge in [0.25, 0.3) is 0 Å². The van der Waals surface area contributed by atoms with Crippen LogP contribution in [0.25, 0.3) is 0 Å². The molecule has 15 heavy (non-hydrogen) atoms. The largest absolute Gasteiger partial charge is 1.00 e. The van der Waals surface area contributed by atoms with E-state index in [4.69, 9.17) is 0 Å². The normalized spacial score (nSPS) is 9.93. The number of benzene rings is 1. The Labute approximate surface area is 111 Å². The van der Waals surface area contributed by atoms with E-state index in [9.17, 15) is 13.2 Å². The molecule has 0 radical (unpaired) electrons. The van der Waals surface area contributed by atoms with Crippen molar-refractivity contribution in [2.45, 2.75) is 6.92 Å². The van der Waals surface area contributed by atoms with Gasteiger partial charge in [0.15, 0.2) is 0 Å². The summed E-state index contributed by atoms with van der Waals surface area (Å²) in [6, 6.07) is 7.75. The Kier molecular flexibility index (Phi) is 5.89. The first-order chi connectivity index (χ1) is 6.49. The fraction of sp³-hybridized carbons (Fsp3) is 0.125. The average molecular weight is 240 g/mol. The Hall–Kier alpha value is -0.560. The van der Waals surface area contributed by atoms with Crippen LogP contribution in [0.4, 0.5) is 0 Å². The summed E-state index contributed by atoms with van der Waals surface area (Å²) in [7, 11) is -4.28. The molecule has 5 nitrogen and oxygen atoms in total. The molecule has 0 unspecified atom stereocenters. The van der Waals surface area contributed by atoms with Gasteiger partial charge in [-0.05, 0) is 12.1 Å². The number of rotatable bonds is 3. The van der Waals surface area contributed by atoms with Crippen molar-refractivity contribution >= 4 is 16.4 Å². The number of carbonyl (C=O) groups is 1. The van der Waals surface area contributed by atoms with Gasteiger partial charge in [-0.1, -0.05) is 18.2 Å². The molecule has 7 heteroatoms. The Balaban J connectivity index is 0. The van der Waals surface area contributed by atoms with Crippen LogP contribution < -0.4 is 33.7 Å². The van der Waals surface area contributed by atoms with Crippen molar-refractivity contribution in [1.29, 1.82) is 0 Å². The van der Waals surface area contributed by atoms with E-state index >= 15 is 0 Å². The molecule has 1 aromatic carbocycles. The Morgan fingerprint density at radius 1 is 1.27 bits per heavy atom. The molecule has 0 aliphatic carbocycles. The molecule has 0 amide bonds. The van der Waals surface area contributed by atoms with Crippen LogP contribution in [-0.4, -0.2) is 14.4 Å². The SMILES string of the molecule is CC(=O)OS(=O)(=O)Oc1ccccc1.[H-].[Na+]. The summed E-state index contributed by atoms with van der Waals surface area (Å²) < 4.78 is 30.3. The van der Waals surface area contributed by atoms with E-state index in [1.54, 1.807) is 18.2 Å². The molecule has 0 N–H and O–H groups in total. The first kappa shape index (κ1) is 14.4. The van der Waals surface area contributed by atoms with E-state index < -0.39 is 16.4 Å². The number of carbonyl (C=O) groups excluding carboxylic acids is 1. The second kappa shape index (κ2) is 6.12. The van der Waals surface area contributed by atoms with Crippen molar-refractivity contribution in [3.8, 4) is 5.75 Å². The molecule has 78 valence electrons. The summed E-state index contributed by atoms with van der Waals surface area (Å²) >= 11 is 0. The van der Waals surface area contributed by atoms with Gasteiger partial charge in [0, 0.05) is 6.92 Å². The molecule has 0 saturated carbocycles. The summed E-state index contributed by atoms with van der Waals surface area (Å²) in [4.78, 5) is 10.4. The van der Waals surface area contributed by atoms with Gasteiger partial charge >= 0.3 is 45.9 Å². The van der Waals surface area contributed by atoms with E-state index in [0.29, 0.717) is 0 Å². The van der Waals surface area contributed by atoms with Crippen molar-refractivity contribution in [3.63, 3.8) is 0 Å². The molecular weight excluding hydrogens is 231 g/mol. The zero-order valence-electron chi connectivity index (χ0n) is 9.34. The monoisotopic (exact) mass is 240 g/mol. The van der Waals surface area contributed by atoms with Gasteiger partial charge in [0.2, 0.25) is 0 Å². The average Bonchev–Trinajstić information content (AvgIpc) is 2.02. The van der Waals surface area contributed by atoms with Crippen molar-refractivity contribution in [3.05, 3.63) is 30.3 Å². The van der Waals surface area contributed by atoms with Gasteiger partial charge in [0.05, 0.1) is 0 Å². The smallest absolute Gasteiger partial charge is 1.00 e. The minimum atomic E-state index is -4.28. The van der Waals surface area contributed by atoms with Crippen LogP contribution in [0.3, 0.4) is 0 Å². The predicted octanol–water partition coefficient (Wildman–Crippen LogP) is -2.01. The molecule has 0 saturated heterocycles. The maximum Gasteiger partial charge on any atom is 1.00 e. The van der Waals surface area contributed by atoms with Crippen LogP contribution in [0.2, 0.25) is 0 Å². The van der Waals surface area contributed by atoms with Gasteiger partial charge in [-0.25, -0.2) is 0 Å². The van der Waals surface area contributed by atoms with Gasteiger partial charge in [-0.3, -0.25) is 4.79 Å². The predicted molar refractivity (Wildman–Crippen MR) is 48.9 cm³/mol. The molecular formula is C8H9NaO5S.